The fourth-order valence-electron chi connectivity index (χ4n) is 2.07. The SMILES string of the molecule is COC1CN(c2nc(C)c(C(=O)O)o2)CCC1N. The topological polar surface area (TPSA) is 102 Å². The standard InChI is InChI=1S/C11H17N3O4/c1-6-9(10(15)16)18-11(13-6)14-4-3-7(12)8(5-14)17-2/h7-8H,3-5,12H2,1-2H3,(H,15,16). The van der Waals surface area contributed by atoms with Crippen LogP contribution < -0.4 is 10.6 Å². The van der Waals surface area contributed by atoms with Crippen LogP contribution in [0.25, 0.3) is 0 Å². The predicted octanol–water partition coefficient (Wildman–Crippen LogP) is 0.234. The normalized spacial score (nSPS) is 24.3. The van der Waals surface area contributed by atoms with Gasteiger partial charge in [0.2, 0.25) is 5.76 Å². The molecule has 2 rings (SSSR count). The van der Waals surface area contributed by atoms with E-state index < -0.39 is 5.97 Å². The molecule has 1 aromatic heterocycles. The van der Waals surface area contributed by atoms with Crippen LogP contribution in [0.3, 0.4) is 0 Å². The van der Waals surface area contributed by atoms with Crippen LogP contribution in [0.4, 0.5) is 6.01 Å². The Labute approximate surface area is 105 Å². The number of hydrogen-bond donors (Lipinski definition) is 2. The fraction of sp³-hybridized carbons (Fsp3) is 0.636. The molecule has 0 bridgehead atoms. The van der Waals surface area contributed by atoms with Gasteiger partial charge < -0.3 is 24.9 Å². The van der Waals surface area contributed by atoms with E-state index in [0.29, 0.717) is 24.8 Å². The molecule has 18 heavy (non-hydrogen) atoms. The van der Waals surface area contributed by atoms with E-state index in [-0.39, 0.29) is 17.9 Å². The zero-order valence-corrected chi connectivity index (χ0v) is 10.4. The van der Waals surface area contributed by atoms with Crippen molar-refractivity contribution in [1.82, 2.24) is 4.98 Å². The third-order valence-corrected chi connectivity index (χ3v) is 3.16. The zero-order valence-electron chi connectivity index (χ0n) is 10.4. The molecular weight excluding hydrogens is 238 g/mol. The molecule has 100 valence electrons. The van der Waals surface area contributed by atoms with E-state index in [4.69, 9.17) is 20.0 Å². The van der Waals surface area contributed by atoms with Crippen LogP contribution in [0.1, 0.15) is 22.7 Å². The highest BCUT2D eigenvalue weighted by atomic mass is 16.5. The van der Waals surface area contributed by atoms with Gasteiger partial charge in [0, 0.05) is 19.7 Å². The van der Waals surface area contributed by atoms with Crippen LogP contribution in [-0.4, -0.2) is 48.4 Å². The first-order valence-corrected chi connectivity index (χ1v) is 5.77. The highest BCUT2D eigenvalue weighted by Gasteiger charge is 2.30. The number of aryl methyl sites for hydroxylation is 1. The number of carbonyl (C=O) groups is 1. The first-order valence-electron chi connectivity index (χ1n) is 5.77. The van der Waals surface area contributed by atoms with Gasteiger partial charge in [-0.05, 0) is 13.3 Å². The van der Waals surface area contributed by atoms with Gasteiger partial charge in [0.15, 0.2) is 0 Å². The second kappa shape index (κ2) is 4.95. The summed E-state index contributed by atoms with van der Waals surface area (Å²) >= 11 is 0. The molecule has 1 saturated heterocycles. The van der Waals surface area contributed by atoms with E-state index in [2.05, 4.69) is 4.98 Å². The Balaban J connectivity index is 2.17. The molecule has 0 radical (unpaired) electrons. The second-order valence-corrected chi connectivity index (χ2v) is 4.39. The molecule has 1 fully saturated rings. The highest BCUT2D eigenvalue weighted by Crippen LogP contribution is 2.22. The van der Waals surface area contributed by atoms with Gasteiger partial charge in [0.05, 0.1) is 18.3 Å². The maximum Gasteiger partial charge on any atom is 0.373 e. The van der Waals surface area contributed by atoms with Crippen LogP contribution >= 0.6 is 0 Å². The Kier molecular flexibility index (Phi) is 3.53. The lowest BCUT2D eigenvalue weighted by Gasteiger charge is -2.34. The molecule has 7 nitrogen and oxygen atoms in total. The monoisotopic (exact) mass is 255 g/mol. The van der Waals surface area contributed by atoms with Gasteiger partial charge in [-0.3, -0.25) is 0 Å². The van der Waals surface area contributed by atoms with Gasteiger partial charge in [-0.15, -0.1) is 0 Å². The van der Waals surface area contributed by atoms with Crippen molar-refractivity contribution in [2.24, 2.45) is 5.73 Å². The number of carboxylic acid groups (broad SMARTS) is 1. The average molecular weight is 255 g/mol. The number of aromatic nitrogens is 1. The van der Waals surface area contributed by atoms with Crippen molar-refractivity contribution < 1.29 is 19.1 Å². The Morgan fingerprint density at radius 2 is 2.39 bits per heavy atom. The lowest BCUT2D eigenvalue weighted by atomic mass is 10.0. The summed E-state index contributed by atoms with van der Waals surface area (Å²) in [6.07, 6.45) is 0.654. The van der Waals surface area contributed by atoms with Gasteiger partial charge in [0.25, 0.3) is 6.01 Å². The molecule has 1 aliphatic rings. The van der Waals surface area contributed by atoms with E-state index >= 15 is 0 Å². The molecule has 2 atom stereocenters. The van der Waals surface area contributed by atoms with E-state index in [1.165, 1.54) is 0 Å². The quantitative estimate of drug-likeness (QED) is 0.797. The summed E-state index contributed by atoms with van der Waals surface area (Å²) in [6.45, 7) is 2.84. The maximum absolute atomic E-state index is 10.9. The smallest absolute Gasteiger partial charge is 0.373 e. The largest absolute Gasteiger partial charge is 0.475 e. The number of anilines is 1. The first kappa shape index (κ1) is 12.8. The van der Waals surface area contributed by atoms with Gasteiger partial charge in [0.1, 0.15) is 0 Å². The van der Waals surface area contributed by atoms with Crippen molar-refractivity contribution in [3.05, 3.63) is 11.5 Å². The maximum atomic E-state index is 10.9. The summed E-state index contributed by atoms with van der Waals surface area (Å²) < 4.78 is 10.5. The Morgan fingerprint density at radius 1 is 1.67 bits per heavy atom. The van der Waals surface area contributed by atoms with E-state index in [0.717, 1.165) is 6.42 Å². The van der Waals surface area contributed by atoms with Crippen molar-refractivity contribution in [3.8, 4) is 0 Å². The summed E-state index contributed by atoms with van der Waals surface area (Å²) in [6, 6.07) is 0.306. The molecule has 1 aromatic rings. The number of rotatable bonds is 3. The average Bonchev–Trinajstić information content (AvgIpc) is 2.72. The highest BCUT2D eigenvalue weighted by molar-refractivity contribution is 5.85. The summed E-state index contributed by atoms with van der Waals surface area (Å²) in [4.78, 5) is 16.9. The molecule has 2 heterocycles. The number of methoxy groups -OCH3 is 1. The number of piperidine rings is 1. The van der Waals surface area contributed by atoms with Crippen LogP contribution in [0.2, 0.25) is 0 Å². The third-order valence-electron chi connectivity index (χ3n) is 3.16. The summed E-state index contributed by atoms with van der Waals surface area (Å²) in [7, 11) is 1.61. The lowest BCUT2D eigenvalue weighted by Crippen LogP contribution is -2.51. The minimum atomic E-state index is -1.11. The number of oxazole rings is 1. The van der Waals surface area contributed by atoms with Gasteiger partial charge in [-0.2, -0.15) is 4.98 Å². The summed E-state index contributed by atoms with van der Waals surface area (Å²) in [5.41, 5.74) is 6.29. The summed E-state index contributed by atoms with van der Waals surface area (Å²) in [5, 5.41) is 8.92. The van der Waals surface area contributed by atoms with E-state index in [9.17, 15) is 4.79 Å². The second-order valence-electron chi connectivity index (χ2n) is 4.39. The molecule has 1 aliphatic heterocycles. The van der Waals surface area contributed by atoms with Crippen molar-refractivity contribution in [2.45, 2.75) is 25.5 Å². The first-order chi connectivity index (χ1) is 8.52. The number of nitrogens with two attached hydrogens (primary N) is 1. The molecular formula is C11H17N3O4. The minimum absolute atomic E-state index is 0.0127. The van der Waals surface area contributed by atoms with Crippen molar-refractivity contribution in [3.63, 3.8) is 0 Å². The molecule has 0 amide bonds. The molecule has 3 N–H and O–H groups in total. The van der Waals surface area contributed by atoms with Crippen LogP contribution in [-0.2, 0) is 4.74 Å². The molecule has 2 unspecified atom stereocenters. The third kappa shape index (κ3) is 2.32. The van der Waals surface area contributed by atoms with Crippen LogP contribution in [0.15, 0.2) is 4.42 Å². The number of nitrogens with zero attached hydrogens (tertiary/aromatic N) is 2. The van der Waals surface area contributed by atoms with Gasteiger partial charge in [-0.1, -0.05) is 0 Å². The minimum Gasteiger partial charge on any atom is -0.475 e. The van der Waals surface area contributed by atoms with Crippen molar-refractivity contribution >= 4 is 12.0 Å². The predicted molar refractivity (Wildman–Crippen MR) is 63.8 cm³/mol. The molecule has 0 aromatic carbocycles. The number of carboxylic acids is 1. The molecule has 0 spiro atoms. The molecule has 0 saturated carbocycles. The zero-order chi connectivity index (χ0) is 13.3. The van der Waals surface area contributed by atoms with Crippen molar-refractivity contribution in [1.29, 1.82) is 0 Å². The van der Waals surface area contributed by atoms with Crippen molar-refractivity contribution in [2.75, 3.05) is 25.1 Å². The Bertz CT molecular complexity index is 445. The number of ether oxygens (including phenoxy) is 1. The van der Waals surface area contributed by atoms with E-state index in [1.807, 2.05) is 4.90 Å². The fourth-order valence-corrected chi connectivity index (χ4v) is 2.07. The Morgan fingerprint density at radius 3 is 2.94 bits per heavy atom. The van der Waals surface area contributed by atoms with Gasteiger partial charge in [-0.25, -0.2) is 4.79 Å². The number of hydrogen-bond acceptors (Lipinski definition) is 6. The van der Waals surface area contributed by atoms with Crippen LogP contribution in [0, 0.1) is 6.92 Å². The molecule has 7 heteroatoms. The van der Waals surface area contributed by atoms with Gasteiger partial charge >= 0.3 is 5.97 Å². The number of aromatic carboxylic acids is 1. The Hall–Kier alpha value is -1.60. The lowest BCUT2D eigenvalue weighted by molar-refractivity contribution is 0.0655. The van der Waals surface area contributed by atoms with Crippen LogP contribution in [0.5, 0.6) is 0 Å². The van der Waals surface area contributed by atoms with E-state index in [1.54, 1.807) is 14.0 Å². The molecule has 0 aliphatic carbocycles. The summed E-state index contributed by atoms with van der Waals surface area (Å²) in [5.74, 6) is -1.22.